The van der Waals surface area contributed by atoms with E-state index in [-0.39, 0.29) is 12.0 Å². The minimum atomic E-state index is -0.680. The average Bonchev–Trinajstić information content (AvgIpc) is 2.34. The zero-order valence-corrected chi connectivity index (χ0v) is 11.2. The van der Waals surface area contributed by atoms with Gasteiger partial charge in [0.25, 0.3) is 0 Å². The van der Waals surface area contributed by atoms with Crippen LogP contribution in [0.2, 0.25) is 0 Å². The Morgan fingerprint density at radius 2 is 1.47 bits per heavy atom. The number of hydrogen-bond acceptors (Lipinski definition) is 3. The highest BCUT2D eigenvalue weighted by Crippen LogP contribution is 2.51. The van der Waals surface area contributed by atoms with Gasteiger partial charge < -0.3 is 14.9 Å². The molecule has 0 aromatic heterocycles. The van der Waals surface area contributed by atoms with Crippen LogP contribution in [0.1, 0.15) is 52.4 Å². The van der Waals surface area contributed by atoms with Crippen molar-refractivity contribution < 1.29 is 14.9 Å². The van der Waals surface area contributed by atoms with E-state index in [1.54, 1.807) is 0 Å². The summed E-state index contributed by atoms with van der Waals surface area (Å²) in [4.78, 5) is 0. The van der Waals surface area contributed by atoms with Gasteiger partial charge in [0.05, 0.1) is 12.2 Å². The Morgan fingerprint density at radius 3 is 1.94 bits per heavy atom. The summed E-state index contributed by atoms with van der Waals surface area (Å²) in [5.41, 5.74) is -0.656. The molecule has 100 valence electrons. The summed E-state index contributed by atoms with van der Waals surface area (Å²) in [6.45, 7) is 5.97. The van der Waals surface area contributed by atoms with Gasteiger partial charge in [-0.3, -0.25) is 0 Å². The van der Waals surface area contributed by atoms with Gasteiger partial charge in [0.1, 0.15) is 0 Å². The summed E-state index contributed by atoms with van der Waals surface area (Å²) in [5, 5.41) is 20.7. The van der Waals surface area contributed by atoms with Crippen LogP contribution in [0.15, 0.2) is 0 Å². The molecule has 0 radical (unpaired) electrons. The van der Waals surface area contributed by atoms with Gasteiger partial charge in [-0.25, -0.2) is 0 Å². The molecular formula is C14H26O3. The molecule has 0 aromatic carbocycles. The molecule has 2 rings (SSSR count). The van der Waals surface area contributed by atoms with E-state index < -0.39 is 5.60 Å². The predicted molar refractivity (Wildman–Crippen MR) is 66.8 cm³/mol. The molecule has 0 atom stereocenters. The fourth-order valence-electron chi connectivity index (χ4n) is 3.40. The Hall–Kier alpha value is -0.120. The van der Waals surface area contributed by atoms with Gasteiger partial charge in [0.2, 0.25) is 0 Å². The van der Waals surface area contributed by atoms with Crippen LogP contribution in [-0.2, 0) is 4.74 Å². The maximum atomic E-state index is 11.0. The minimum absolute atomic E-state index is 0.0906. The molecule has 0 bridgehead atoms. The Balaban J connectivity index is 2.13. The number of hydrogen-bond donors (Lipinski definition) is 2. The van der Waals surface area contributed by atoms with E-state index in [2.05, 4.69) is 13.8 Å². The standard InChI is InChI=1S/C14H26O3/c1-12(2)3-5-14(16,6-4-12)13(11-15)7-9-17-10-8-13/h15-16H,3-11H2,1-2H3. The summed E-state index contributed by atoms with van der Waals surface area (Å²) in [5.74, 6) is 0. The molecule has 1 aliphatic heterocycles. The molecule has 2 aliphatic rings. The first-order valence-corrected chi connectivity index (χ1v) is 6.84. The molecular weight excluding hydrogens is 216 g/mol. The van der Waals surface area contributed by atoms with Crippen LogP contribution < -0.4 is 0 Å². The van der Waals surface area contributed by atoms with Gasteiger partial charge in [0.15, 0.2) is 0 Å². The smallest absolute Gasteiger partial charge is 0.0727 e. The van der Waals surface area contributed by atoms with Crippen LogP contribution in [0.3, 0.4) is 0 Å². The van der Waals surface area contributed by atoms with Gasteiger partial charge in [-0.15, -0.1) is 0 Å². The second kappa shape index (κ2) is 4.52. The molecule has 17 heavy (non-hydrogen) atoms. The molecule has 0 amide bonds. The highest BCUT2D eigenvalue weighted by molar-refractivity contribution is 5.03. The van der Waals surface area contributed by atoms with Crippen molar-refractivity contribution in [2.24, 2.45) is 10.8 Å². The number of aliphatic hydroxyl groups excluding tert-OH is 1. The first kappa shape index (κ1) is 13.3. The maximum Gasteiger partial charge on any atom is 0.0727 e. The summed E-state index contributed by atoms with van der Waals surface area (Å²) in [6, 6.07) is 0. The van der Waals surface area contributed by atoms with Gasteiger partial charge in [-0.1, -0.05) is 13.8 Å². The Kier molecular flexibility index (Phi) is 3.54. The zero-order chi connectivity index (χ0) is 12.6. The first-order chi connectivity index (χ1) is 7.93. The lowest BCUT2D eigenvalue weighted by Crippen LogP contribution is -2.55. The fourth-order valence-corrected chi connectivity index (χ4v) is 3.40. The molecule has 1 saturated heterocycles. The maximum absolute atomic E-state index is 11.0. The molecule has 1 aliphatic carbocycles. The van der Waals surface area contributed by atoms with E-state index in [4.69, 9.17) is 4.74 Å². The zero-order valence-electron chi connectivity index (χ0n) is 11.2. The largest absolute Gasteiger partial charge is 0.396 e. The lowest BCUT2D eigenvalue weighted by molar-refractivity contribution is -0.177. The Labute approximate surface area is 104 Å². The van der Waals surface area contributed by atoms with E-state index in [1.807, 2.05) is 0 Å². The minimum Gasteiger partial charge on any atom is -0.396 e. The number of aliphatic hydroxyl groups is 2. The number of rotatable bonds is 2. The molecule has 0 unspecified atom stereocenters. The van der Waals surface area contributed by atoms with Crippen molar-refractivity contribution in [2.75, 3.05) is 19.8 Å². The quantitative estimate of drug-likeness (QED) is 0.779. The van der Waals surface area contributed by atoms with Crippen LogP contribution in [-0.4, -0.2) is 35.6 Å². The third kappa shape index (κ3) is 2.38. The Morgan fingerprint density at radius 1 is 0.941 bits per heavy atom. The van der Waals surface area contributed by atoms with Crippen molar-refractivity contribution in [3.63, 3.8) is 0 Å². The normalized spacial score (nSPS) is 31.1. The van der Waals surface area contributed by atoms with Crippen molar-refractivity contribution in [1.29, 1.82) is 0 Å². The van der Waals surface area contributed by atoms with Gasteiger partial charge in [0, 0.05) is 18.6 Å². The predicted octanol–water partition coefficient (Wildman–Crippen LogP) is 2.11. The molecule has 3 heteroatoms. The van der Waals surface area contributed by atoms with Crippen LogP contribution in [0.25, 0.3) is 0 Å². The van der Waals surface area contributed by atoms with Crippen LogP contribution >= 0.6 is 0 Å². The van der Waals surface area contributed by atoms with E-state index in [0.717, 1.165) is 38.5 Å². The van der Waals surface area contributed by atoms with Crippen molar-refractivity contribution in [3.8, 4) is 0 Å². The molecule has 2 fully saturated rings. The molecule has 1 saturated carbocycles. The van der Waals surface area contributed by atoms with Crippen molar-refractivity contribution in [3.05, 3.63) is 0 Å². The molecule has 0 aromatic rings. The van der Waals surface area contributed by atoms with Gasteiger partial charge in [-0.2, -0.15) is 0 Å². The van der Waals surface area contributed by atoms with Crippen LogP contribution in [0.5, 0.6) is 0 Å². The highest BCUT2D eigenvalue weighted by atomic mass is 16.5. The summed E-state index contributed by atoms with van der Waals surface area (Å²) in [7, 11) is 0. The fraction of sp³-hybridized carbons (Fsp3) is 1.00. The highest BCUT2D eigenvalue weighted by Gasteiger charge is 2.52. The molecule has 1 heterocycles. The summed E-state index contributed by atoms with van der Waals surface area (Å²) >= 11 is 0. The summed E-state index contributed by atoms with van der Waals surface area (Å²) in [6.07, 6.45) is 5.32. The van der Waals surface area contributed by atoms with Crippen LogP contribution in [0.4, 0.5) is 0 Å². The van der Waals surface area contributed by atoms with Gasteiger partial charge in [-0.05, 0) is 43.9 Å². The van der Waals surface area contributed by atoms with Crippen molar-refractivity contribution >= 4 is 0 Å². The van der Waals surface area contributed by atoms with E-state index in [9.17, 15) is 10.2 Å². The molecule has 2 N–H and O–H groups in total. The first-order valence-electron chi connectivity index (χ1n) is 6.84. The van der Waals surface area contributed by atoms with E-state index in [0.29, 0.717) is 18.6 Å². The third-order valence-electron chi connectivity index (χ3n) is 5.17. The summed E-state index contributed by atoms with van der Waals surface area (Å²) < 4.78 is 5.38. The Bertz CT molecular complexity index is 257. The second-order valence-corrected chi connectivity index (χ2v) is 6.75. The number of ether oxygens (including phenoxy) is 1. The second-order valence-electron chi connectivity index (χ2n) is 6.75. The molecule has 3 nitrogen and oxygen atoms in total. The van der Waals surface area contributed by atoms with E-state index >= 15 is 0 Å². The van der Waals surface area contributed by atoms with Gasteiger partial charge >= 0.3 is 0 Å². The molecule has 0 spiro atoms. The average molecular weight is 242 g/mol. The van der Waals surface area contributed by atoms with Crippen LogP contribution in [0, 0.1) is 10.8 Å². The SMILES string of the molecule is CC1(C)CCC(O)(C2(CO)CCOCC2)CC1. The van der Waals surface area contributed by atoms with Crippen molar-refractivity contribution in [2.45, 2.75) is 58.0 Å². The van der Waals surface area contributed by atoms with Crippen molar-refractivity contribution in [1.82, 2.24) is 0 Å². The third-order valence-corrected chi connectivity index (χ3v) is 5.17. The van der Waals surface area contributed by atoms with E-state index in [1.165, 1.54) is 0 Å². The lowest BCUT2D eigenvalue weighted by Gasteiger charge is -2.53. The monoisotopic (exact) mass is 242 g/mol. The topological polar surface area (TPSA) is 49.7 Å². The lowest BCUT2D eigenvalue weighted by atomic mass is 9.58.